The minimum Gasteiger partial charge on any atom is -0.341 e. The summed E-state index contributed by atoms with van der Waals surface area (Å²) >= 11 is 0. The lowest BCUT2D eigenvalue weighted by Gasteiger charge is -2.35. The third-order valence-corrected chi connectivity index (χ3v) is 6.02. The molecule has 3 heterocycles. The number of aromatic amines is 1. The molecule has 2 saturated heterocycles. The summed E-state index contributed by atoms with van der Waals surface area (Å²) in [7, 11) is 0. The molecule has 0 aliphatic carbocycles. The Hall–Kier alpha value is -3.33. The van der Waals surface area contributed by atoms with Gasteiger partial charge in [-0.05, 0) is 44.0 Å². The Kier molecular flexibility index (Phi) is 5.92. The molecule has 0 saturated carbocycles. The predicted molar refractivity (Wildman–Crippen MR) is 120 cm³/mol. The summed E-state index contributed by atoms with van der Waals surface area (Å²) in [4.78, 5) is 36.4. The maximum atomic E-state index is 13.2. The summed E-state index contributed by atoms with van der Waals surface area (Å²) in [6.07, 6.45) is 2.87. The second-order valence-electron chi connectivity index (χ2n) is 9.19. The van der Waals surface area contributed by atoms with Gasteiger partial charge in [0.2, 0.25) is 5.71 Å². The molecule has 1 aromatic heterocycles. The van der Waals surface area contributed by atoms with Gasteiger partial charge < -0.3 is 19.5 Å². The molecule has 2 aliphatic heterocycles. The molecule has 1 aromatic carbocycles. The van der Waals surface area contributed by atoms with Gasteiger partial charge in [-0.15, -0.1) is 0 Å². The van der Waals surface area contributed by atoms with Crippen molar-refractivity contribution in [1.82, 2.24) is 19.8 Å². The first-order valence-electron chi connectivity index (χ1n) is 11.0. The van der Waals surface area contributed by atoms with E-state index in [2.05, 4.69) is 9.97 Å². The van der Waals surface area contributed by atoms with Crippen molar-refractivity contribution in [2.24, 2.45) is 5.92 Å². The van der Waals surface area contributed by atoms with Gasteiger partial charge >= 0.3 is 0 Å². The van der Waals surface area contributed by atoms with Crippen LogP contribution in [0.1, 0.15) is 49.6 Å². The number of aromatic nitrogens is 2. The van der Waals surface area contributed by atoms with Crippen molar-refractivity contribution in [3.05, 3.63) is 59.4 Å². The zero-order chi connectivity index (χ0) is 23.9. The zero-order valence-electron chi connectivity index (χ0n) is 19.3. The maximum absolute atomic E-state index is 13.2. The van der Waals surface area contributed by atoms with Crippen molar-refractivity contribution in [2.45, 2.75) is 39.5 Å². The first-order chi connectivity index (χ1) is 15.6. The quantitative estimate of drug-likeness (QED) is 0.664. The molecule has 0 radical (unpaired) electrons. The van der Waals surface area contributed by atoms with Gasteiger partial charge in [0.15, 0.2) is 6.23 Å². The Balaban J connectivity index is 1.51. The highest BCUT2D eigenvalue weighted by molar-refractivity contribution is 6.08. The summed E-state index contributed by atoms with van der Waals surface area (Å²) in [5.41, 5.74) is 1.48. The number of nitrogens with one attached hydrogen (secondary N) is 1. The Morgan fingerprint density at radius 2 is 2.00 bits per heavy atom. The predicted octanol–water partition coefficient (Wildman–Crippen LogP) is 1.26. The lowest BCUT2D eigenvalue weighted by Crippen LogP contribution is -2.53. The van der Waals surface area contributed by atoms with Gasteiger partial charge in [0.25, 0.3) is 11.8 Å². The number of carbonyl (C=O) groups excluding carboxylic acids is 2. The number of carbonyl (C=O) groups is 2. The highest BCUT2D eigenvalue weighted by Gasteiger charge is 2.49. The zero-order valence-corrected chi connectivity index (χ0v) is 19.3. The molecule has 3 N–H and O–H groups in total. The standard InChI is InChI=1S/C24H28FN5O3/c1-14(2)17(11-18(26)15-5-7-16(25)8-6-15)21-27-12-19(28-21)22(31)29-9-10-30-20(13-29)33-24(3,4)23(30)32/h5-8,11-12,14,20,26H,9-10,13H2,1-4H3,(H,27,28)/p+1/b17-11-,26-18?/t20-/m0/s1. The average Bonchev–Trinajstić information content (AvgIpc) is 3.34. The molecule has 8 nitrogen and oxygen atoms in total. The average molecular weight is 455 g/mol. The van der Waals surface area contributed by atoms with Gasteiger partial charge in [-0.2, -0.15) is 0 Å². The van der Waals surface area contributed by atoms with E-state index in [1.165, 1.54) is 18.3 Å². The van der Waals surface area contributed by atoms with E-state index in [1.807, 2.05) is 13.8 Å². The number of H-pyrrole nitrogens is 1. The molecule has 2 aromatic rings. The van der Waals surface area contributed by atoms with Crippen LogP contribution in [0, 0.1) is 11.7 Å². The van der Waals surface area contributed by atoms with Crippen molar-refractivity contribution in [1.29, 1.82) is 0 Å². The molecule has 174 valence electrons. The molecule has 2 fully saturated rings. The third kappa shape index (κ3) is 4.45. The number of rotatable bonds is 5. The highest BCUT2D eigenvalue weighted by atomic mass is 19.1. The van der Waals surface area contributed by atoms with Crippen molar-refractivity contribution >= 4 is 23.1 Å². The fraction of sp³-hybridized carbons (Fsp3) is 0.417. The molecule has 4 rings (SSSR count). The van der Waals surface area contributed by atoms with Gasteiger partial charge in [0.1, 0.15) is 22.9 Å². The number of benzene rings is 1. The van der Waals surface area contributed by atoms with Crippen LogP contribution in [0.3, 0.4) is 0 Å². The molecule has 33 heavy (non-hydrogen) atoms. The second-order valence-corrected chi connectivity index (χ2v) is 9.19. The van der Waals surface area contributed by atoms with Crippen LogP contribution in [0.2, 0.25) is 0 Å². The van der Waals surface area contributed by atoms with Crippen molar-refractivity contribution in [2.75, 3.05) is 19.6 Å². The molecule has 9 heteroatoms. The van der Waals surface area contributed by atoms with Gasteiger partial charge in [0.05, 0.1) is 12.7 Å². The lowest BCUT2D eigenvalue weighted by atomic mass is 9.98. The molecule has 0 bridgehead atoms. The Bertz CT molecular complexity index is 1120. The van der Waals surface area contributed by atoms with E-state index in [1.54, 1.807) is 41.9 Å². The number of piperazine rings is 1. The van der Waals surface area contributed by atoms with E-state index in [0.717, 1.165) is 5.57 Å². The van der Waals surface area contributed by atoms with Crippen LogP contribution < -0.4 is 5.41 Å². The number of halogens is 1. The van der Waals surface area contributed by atoms with Crippen molar-refractivity contribution in [3.63, 3.8) is 0 Å². The fourth-order valence-corrected chi connectivity index (χ4v) is 4.15. The first kappa shape index (κ1) is 22.8. The van der Waals surface area contributed by atoms with Crippen LogP contribution in [0.5, 0.6) is 0 Å². The van der Waals surface area contributed by atoms with Crippen LogP contribution in [0.25, 0.3) is 5.57 Å². The number of hydrogen-bond donors (Lipinski definition) is 2. The van der Waals surface area contributed by atoms with Gasteiger partial charge in [-0.1, -0.05) is 13.8 Å². The normalized spacial score (nSPS) is 20.4. The molecule has 0 unspecified atom stereocenters. The molecule has 0 spiro atoms. The van der Waals surface area contributed by atoms with E-state index in [-0.39, 0.29) is 23.5 Å². The molecule has 2 amide bonds. The van der Waals surface area contributed by atoms with Gasteiger partial charge in [0, 0.05) is 30.3 Å². The van der Waals surface area contributed by atoms with Gasteiger partial charge in [-0.3, -0.25) is 15.0 Å². The minimum absolute atomic E-state index is 0.0508. The second kappa shape index (κ2) is 8.55. The SMILES string of the molecule is CC(C)/C(=C/C(=[NH2+])c1ccc(F)cc1)c1ncc(C(=O)N2CCN3C(=O)C(C)(C)O[C@H]3C2)[nH]1. The van der Waals surface area contributed by atoms with Crippen LogP contribution >= 0.6 is 0 Å². The topological polar surface area (TPSA) is 104 Å². The number of fused-ring (bicyclic) bond motifs is 1. The lowest BCUT2D eigenvalue weighted by molar-refractivity contribution is -0.134. The van der Waals surface area contributed by atoms with Crippen LogP contribution in [0.15, 0.2) is 36.5 Å². The largest absolute Gasteiger partial charge is 0.341 e. The Labute approximate surface area is 191 Å². The fourth-order valence-electron chi connectivity index (χ4n) is 4.15. The maximum Gasteiger partial charge on any atom is 0.272 e. The smallest absolute Gasteiger partial charge is 0.272 e. The van der Waals surface area contributed by atoms with Crippen LogP contribution in [-0.4, -0.2) is 68.8 Å². The summed E-state index contributed by atoms with van der Waals surface area (Å²) in [5, 5.41) is 6.24. The highest BCUT2D eigenvalue weighted by Crippen LogP contribution is 2.30. The Morgan fingerprint density at radius 3 is 2.67 bits per heavy atom. The summed E-state index contributed by atoms with van der Waals surface area (Å²) in [6, 6.07) is 5.95. The van der Waals surface area contributed by atoms with Crippen molar-refractivity contribution < 1.29 is 24.1 Å². The molecular weight excluding hydrogens is 425 g/mol. The number of nitrogens with two attached hydrogens (primary N) is 1. The van der Waals surface area contributed by atoms with E-state index >= 15 is 0 Å². The summed E-state index contributed by atoms with van der Waals surface area (Å²) in [6.45, 7) is 8.66. The molecule has 1 atom stereocenters. The number of imidazole rings is 1. The van der Waals surface area contributed by atoms with Gasteiger partial charge in [-0.25, -0.2) is 9.37 Å². The van der Waals surface area contributed by atoms with Crippen molar-refractivity contribution in [3.8, 4) is 0 Å². The number of nitrogens with zero attached hydrogens (tertiary/aromatic N) is 3. The van der Waals surface area contributed by atoms with E-state index in [9.17, 15) is 14.0 Å². The Morgan fingerprint density at radius 1 is 1.30 bits per heavy atom. The monoisotopic (exact) mass is 454 g/mol. The number of ether oxygens (including phenoxy) is 1. The molecular formula is C24H29FN5O3+. The van der Waals surface area contributed by atoms with E-state index in [0.29, 0.717) is 42.4 Å². The molecule has 2 aliphatic rings. The van der Waals surface area contributed by atoms with E-state index in [4.69, 9.17) is 10.1 Å². The van der Waals surface area contributed by atoms with Crippen LogP contribution in [0.4, 0.5) is 4.39 Å². The summed E-state index contributed by atoms with van der Waals surface area (Å²) in [5.74, 6) is 0.0377. The number of allylic oxidation sites excluding steroid dienone is 2. The summed E-state index contributed by atoms with van der Waals surface area (Å²) < 4.78 is 19.1. The first-order valence-corrected chi connectivity index (χ1v) is 11.0. The van der Waals surface area contributed by atoms with Crippen LogP contribution in [-0.2, 0) is 9.53 Å². The van der Waals surface area contributed by atoms with E-state index < -0.39 is 11.8 Å². The third-order valence-electron chi connectivity index (χ3n) is 6.02. The minimum atomic E-state index is -0.872. The number of hydrogen-bond acceptors (Lipinski definition) is 4. The number of amides is 2.